The van der Waals surface area contributed by atoms with Crippen LogP contribution < -0.4 is 16.6 Å². The fourth-order valence-electron chi connectivity index (χ4n) is 5.01. The van der Waals surface area contributed by atoms with Gasteiger partial charge in [-0.1, -0.05) is 36.1 Å². The van der Waals surface area contributed by atoms with Gasteiger partial charge in [0.05, 0.1) is 39.6 Å². The zero-order valence-electron chi connectivity index (χ0n) is 23.5. The number of fused-ring (bicyclic) bond motifs is 2. The van der Waals surface area contributed by atoms with Crippen LogP contribution in [0.5, 0.6) is 0 Å². The minimum absolute atomic E-state index is 0.0487. The van der Waals surface area contributed by atoms with Crippen molar-refractivity contribution in [1.29, 1.82) is 0 Å². The zero-order valence-corrected chi connectivity index (χ0v) is 23.5. The van der Waals surface area contributed by atoms with Gasteiger partial charge >= 0.3 is 0 Å². The van der Waals surface area contributed by atoms with E-state index in [0.29, 0.717) is 33.6 Å². The van der Waals surface area contributed by atoms with Gasteiger partial charge in [0, 0.05) is 25.0 Å². The van der Waals surface area contributed by atoms with E-state index in [0.717, 1.165) is 17.0 Å². The Bertz CT molecular complexity index is 2130. The van der Waals surface area contributed by atoms with Crippen molar-refractivity contribution in [3.63, 3.8) is 0 Å². The number of anilines is 1. The Balaban J connectivity index is 1.49. The molecule has 4 aromatic heterocycles. The summed E-state index contributed by atoms with van der Waals surface area (Å²) < 4.78 is 4.74. The van der Waals surface area contributed by atoms with Gasteiger partial charge in [-0.2, -0.15) is 5.10 Å². The molecule has 11 heteroatoms. The second kappa shape index (κ2) is 10.3. The maximum Gasteiger partial charge on any atom is 0.267 e. The normalized spacial score (nSPS) is 11.8. The lowest BCUT2D eigenvalue weighted by atomic mass is 10.1. The third-order valence-corrected chi connectivity index (χ3v) is 7.15. The fourth-order valence-corrected chi connectivity index (χ4v) is 5.01. The van der Waals surface area contributed by atoms with Gasteiger partial charge in [0.2, 0.25) is 0 Å². The molecule has 0 aliphatic carbocycles. The molecule has 3 N–H and O–H groups in total. The molecule has 0 aliphatic heterocycles. The summed E-state index contributed by atoms with van der Waals surface area (Å²) in [6, 6.07) is 15.6. The van der Waals surface area contributed by atoms with Crippen LogP contribution in [0, 0.1) is 25.7 Å². The van der Waals surface area contributed by atoms with E-state index in [1.54, 1.807) is 42.2 Å². The third kappa shape index (κ3) is 4.45. The van der Waals surface area contributed by atoms with Gasteiger partial charge < -0.3 is 11.1 Å². The Morgan fingerprint density at radius 3 is 2.55 bits per heavy atom. The van der Waals surface area contributed by atoms with Crippen LogP contribution in [0.25, 0.3) is 22.2 Å². The Morgan fingerprint density at radius 1 is 1.02 bits per heavy atom. The van der Waals surface area contributed by atoms with E-state index < -0.39 is 11.9 Å². The van der Waals surface area contributed by atoms with Gasteiger partial charge in [0.25, 0.3) is 11.5 Å². The van der Waals surface area contributed by atoms with Gasteiger partial charge in [0.1, 0.15) is 11.4 Å². The van der Waals surface area contributed by atoms with Crippen molar-refractivity contribution in [3.05, 3.63) is 111 Å². The molecule has 0 radical (unpaired) electrons. The summed E-state index contributed by atoms with van der Waals surface area (Å²) in [5.41, 5.74) is 10.4. The average molecular weight is 558 g/mol. The first kappa shape index (κ1) is 26.5. The molecular formula is C31H27N9O2. The van der Waals surface area contributed by atoms with Gasteiger partial charge in [-0.15, -0.1) is 5.10 Å². The van der Waals surface area contributed by atoms with Crippen molar-refractivity contribution in [2.75, 3.05) is 5.73 Å². The largest absolute Gasteiger partial charge is 0.381 e. The second-order valence-electron chi connectivity index (χ2n) is 9.91. The number of aryl methyl sites for hydroxylation is 2. The zero-order chi connectivity index (χ0) is 29.5. The maximum absolute atomic E-state index is 14.3. The van der Waals surface area contributed by atoms with Crippen molar-refractivity contribution in [2.45, 2.75) is 26.8 Å². The second-order valence-corrected chi connectivity index (χ2v) is 9.91. The molecule has 6 rings (SSSR count). The molecule has 0 fully saturated rings. The van der Waals surface area contributed by atoms with E-state index in [1.807, 2.05) is 57.3 Å². The Hall–Kier alpha value is -5.76. The highest BCUT2D eigenvalue weighted by Gasteiger charge is 2.25. The van der Waals surface area contributed by atoms with E-state index >= 15 is 0 Å². The molecule has 0 unspecified atom stereocenters. The molecule has 0 saturated carbocycles. The predicted octanol–water partition coefficient (Wildman–Crippen LogP) is 3.25. The highest BCUT2D eigenvalue weighted by molar-refractivity contribution is 6.04. The van der Waals surface area contributed by atoms with Crippen LogP contribution in [0.3, 0.4) is 0 Å². The van der Waals surface area contributed by atoms with Gasteiger partial charge in [-0.3, -0.25) is 18.8 Å². The summed E-state index contributed by atoms with van der Waals surface area (Å²) in [7, 11) is 1.87. The number of carbonyl (C=O) groups is 1. The molecule has 1 atom stereocenters. The molecule has 0 spiro atoms. The molecule has 0 aliphatic rings. The quantitative estimate of drug-likeness (QED) is 0.317. The van der Waals surface area contributed by atoms with Crippen LogP contribution in [-0.2, 0) is 7.05 Å². The van der Waals surface area contributed by atoms with Crippen LogP contribution in [0.1, 0.15) is 51.7 Å². The number of nitrogens with one attached hydrogen (secondary N) is 1. The number of nitrogens with zero attached hydrogens (tertiary/aromatic N) is 7. The first-order valence-corrected chi connectivity index (χ1v) is 13.3. The summed E-state index contributed by atoms with van der Waals surface area (Å²) in [4.78, 5) is 36.8. The monoisotopic (exact) mass is 557 g/mol. The number of nitrogens with two attached hydrogens (primary N) is 1. The minimum atomic E-state index is -0.691. The summed E-state index contributed by atoms with van der Waals surface area (Å²) in [5.74, 6) is 6.30. The molecule has 4 heterocycles. The topological polar surface area (TPSA) is 138 Å². The smallest absolute Gasteiger partial charge is 0.267 e. The van der Waals surface area contributed by atoms with Crippen LogP contribution in [0.4, 0.5) is 5.82 Å². The number of hydrogen-bond donors (Lipinski definition) is 2. The summed E-state index contributed by atoms with van der Waals surface area (Å²) in [6.07, 6.45) is 3.22. The maximum atomic E-state index is 14.3. The standard InChI is InChI=1S/C31H27N9O2/c1-18-23(20(3)38(4)36-18)15-14-21-10-8-13-24-25(21)31(42)40(22-11-6-5-7-12-22)28(35-24)19(2)34-30(41)26-27(32)37-39-17-9-16-33-29(26)39/h5-13,16-17,19H,1-4H3,(H2,32,37)(H,34,41)/t19-/m0/s1. The lowest BCUT2D eigenvalue weighted by Gasteiger charge is -2.20. The summed E-state index contributed by atoms with van der Waals surface area (Å²) in [5, 5.41) is 11.9. The molecule has 11 nitrogen and oxygen atoms in total. The van der Waals surface area contributed by atoms with Crippen LogP contribution in [0.15, 0.2) is 71.8 Å². The van der Waals surface area contributed by atoms with Gasteiger partial charge in [0.15, 0.2) is 11.5 Å². The molecule has 0 saturated heterocycles. The van der Waals surface area contributed by atoms with Crippen LogP contribution >= 0.6 is 0 Å². The number of para-hydroxylation sites is 1. The number of nitrogen functional groups attached to an aromatic ring is 1. The molecule has 2 aromatic carbocycles. The van der Waals surface area contributed by atoms with Crippen molar-refractivity contribution in [3.8, 4) is 17.5 Å². The number of rotatable bonds is 4. The third-order valence-electron chi connectivity index (χ3n) is 7.15. The number of aromatic nitrogens is 7. The minimum Gasteiger partial charge on any atom is -0.381 e. The van der Waals surface area contributed by atoms with Crippen LogP contribution in [-0.4, -0.2) is 39.8 Å². The average Bonchev–Trinajstić information content (AvgIpc) is 3.44. The first-order chi connectivity index (χ1) is 20.2. The number of carbonyl (C=O) groups excluding carboxylic acids is 1. The van der Waals surface area contributed by atoms with E-state index in [-0.39, 0.29) is 16.9 Å². The summed E-state index contributed by atoms with van der Waals surface area (Å²) >= 11 is 0. The van der Waals surface area contributed by atoms with E-state index in [9.17, 15) is 9.59 Å². The molecule has 42 heavy (non-hydrogen) atoms. The van der Waals surface area contributed by atoms with Gasteiger partial charge in [-0.05, 0) is 51.1 Å². The van der Waals surface area contributed by atoms with E-state index in [2.05, 4.69) is 32.3 Å². The SMILES string of the molecule is Cc1nn(C)c(C)c1C#Cc1cccc2nc([C@H](C)NC(=O)c3c(N)nn4cccnc34)n(-c3ccccc3)c(=O)c12. The highest BCUT2D eigenvalue weighted by atomic mass is 16.2. The van der Waals surface area contributed by atoms with Crippen LogP contribution in [0.2, 0.25) is 0 Å². The van der Waals surface area contributed by atoms with E-state index in [4.69, 9.17) is 10.7 Å². The lowest BCUT2D eigenvalue weighted by Crippen LogP contribution is -2.33. The first-order valence-electron chi connectivity index (χ1n) is 13.3. The molecule has 6 aromatic rings. The predicted molar refractivity (Wildman–Crippen MR) is 159 cm³/mol. The number of amides is 1. The van der Waals surface area contributed by atoms with Gasteiger partial charge in [-0.25, -0.2) is 14.5 Å². The lowest BCUT2D eigenvalue weighted by molar-refractivity contribution is 0.0940. The number of benzene rings is 2. The molecule has 0 bridgehead atoms. The molecular weight excluding hydrogens is 530 g/mol. The number of hydrogen-bond acceptors (Lipinski definition) is 7. The Labute approximate surface area is 240 Å². The van der Waals surface area contributed by atoms with Crippen molar-refractivity contribution in [2.24, 2.45) is 7.05 Å². The Kier molecular flexibility index (Phi) is 6.51. The molecule has 1 amide bonds. The van der Waals surface area contributed by atoms with Crippen molar-refractivity contribution >= 4 is 28.3 Å². The van der Waals surface area contributed by atoms with E-state index in [1.165, 1.54) is 9.08 Å². The highest BCUT2D eigenvalue weighted by Crippen LogP contribution is 2.22. The van der Waals surface area contributed by atoms with Crippen molar-refractivity contribution < 1.29 is 4.79 Å². The molecule has 208 valence electrons. The Morgan fingerprint density at radius 2 is 1.81 bits per heavy atom. The fraction of sp³-hybridized carbons (Fsp3) is 0.161. The summed E-state index contributed by atoms with van der Waals surface area (Å²) in [6.45, 7) is 5.62. The van der Waals surface area contributed by atoms with Crippen molar-refractivity contribution in [1.82, 2.24) is 39.2 Å².